The molecule has 1 saturated carbocycles. The Hall–Kier alpha value is -2.11. The summed E-state index contributed by atoms with van der Waals surface area (Å²) in [5, 5.41) is 26.9. The van der Waals surface area contributed by atoms with Gasteiger partial charge in [-0.1, -0.05) is 0 Å². The van der Waals surface area contributed by atoms with E-state index in [1.54, 1.807) is 0 Å². The number of hydrogen-bond acceptors (Lipinski definition) is 3. The summed E-state index contributed by atoms with van der Waals surface area (Å²) in [4.78, 5) is 21.6. The predicted molar refractivity (Wildman–Crippen MR) is 58.2 cm³/mol. The van der Waals surface area contributed by atoms with Gasteiger partial charge in [-0.25, -0.2) is 9.18 Å². The molecular formula is C12H11FO5. The Balaban J connectivity index is 2.47. The molecule has 0 heterocycles. The SMILES string of the molecule is O=C(O)CC1(c2cc(F)c(O)c(C(=O)O)c2)CC1. The Morgan fingerprint density at radius 3 is 2.33 bits per heavy atom. The van der Waals surface area contributed by atoms with E-state index in [1.165, 1.54) is 0 Å². The van der Waals surface area contributed by atoms with Crippen LogP contribution < -0.4 is 0 Å². The second-order valence-electron chi connectivity index (χ2n) is 4.51. The molecule has 0 bridgehead atoms. The van der Waals surface area contributed by atoms with Crippen molar-refractivity contribution in [2.75, 3.05) is 0 Å². The summed E-state index contributed by atoms with van der Waals surface area (Å²) >= 11 is 0. The molecule has 3 N–H and O–H groups in total. The number of halogens is 1. The van der Waals surface area contributed by atoms with Crippen LogP contribution in [0.2, 0.25) is 0 Å². The maximum atomic E-state index is 13.4. The molecule has 18 heavy (non-hydrogen) atoms. The van der Waals surface area contributed by atoms with Gasteiger partial charge in [0.2, 0.25) is 0 Å². The van der Waals surface area contributed by atoms with Crippen LogP contribution in [-0.4, -0.2) is 27.3 Å². The number of phenols is 1. The maximum Gasteiger partial charge on any atom is 0.339 e. The molecule has 1 fully saturated rings. The molecule has 5 nitrogen and oxygen atoms in total. The summed E-state index contributed by atoms with van der Waals surface area (Å²) in [6, 6.07) is 2.16. The molecule has 6 heteroatoms. The van der Waals surface area contributed by atoms with Gasteiger partial charge < -0.3 is 15.3 Å². The number of aromatic carboxylic acids is 1. The molecule has 1 aliphatic carbocycles. The molecule has 0 unspecified atom stereocenters. The minimum absolute atomic E-state index is 0.170. The topological polar surface area (TPSA) is 94.8 Å². The molecule has 0 atom stereocenters. The number of carboxylic acids is 2. The average Bonchev–Trinajstić information content (AvgIpc) is 3.01. The van der Waals surface area contributed by atoms with Crippen molar-refractivity contribution in [1.82, 2.24) is 0 Å². The summed E-state index contributed by atoms with van der Waals surface area (Å²) in [6.07, 6.45) is 0.974. The van der Waals surface area contributed by atoms with Gasteiger partial charge in [0.25, 0.3) is 0 Å². The Kier molecular flexibility index (Phi) is 2.73. The standard InChI is InChI=1S/C12H11FO5/c13-8-4-6(3-7(10(8)16)11(17)18)12(1-2-12)5-9(14)15/h3-4,16H,1-2,5H2,(H,14,15)(H,17,18). The molecule has 2 rings (SSSR count). The molecule has 1 aromatic rings. The van der Waals surface area contributed by atoms with Gasteiger partial charge in [-0.2, -0.15) is 0 Å². The fourth-order valence-electron chi connectivity index (χ4n) is 2.08. The third kappa shape index (κ3) is 2.01. The van der Waals surface area contributed by atoms with Crippen LogP contribution in [0.5, 0.6) is 5.75 Å². The minimum Gasteiger partial charge on any atom is -0.504 e. The Morgan fingerprint density at radius 1 is 1.28 bits per heavy atom. The zero-order chi connectivity index (χ0) is 13.5. The average molecular weight is 254 g/mol. The molecular weight excluding hydrogens is 243 g/mol. The molecule has 0 radical (unpaired) electrons. The largest absolute Gasteiger partial charge is 0.504 e. The van der Waals surface area contributed by atoms with Gasteiger partial charge in [0.1, 0.15) is 5.56 Å². The highest BCUT2D eigenvalue weighted by Gasteiger charge is 2.46. The van der Waals surface area contributed by atoms with Crippen LogP contribution in [0.3, 0.4) is 0 Å². The first-order valence-electron chi connectivity index (χ1n) is 5.34. The first-order chi connectivity index (χ1) is 8.35. The molecule has 0 aliphatic heterocycles. The molecule has 0 spiro atoms. The first kappa shape index (κ1) is 12.3. The lowest BCUT2D eigenvalue weighted by Crippen LogP contribution is -2.14. The molecule has 1 aromatic carbocycles. The summed E-state index contributed by atoms with van der Waals surface area (Å²) in [6.45, 7) is 0. The lowest BCUT2D eigenvalue weighted by Gasteiger charge is -2.14. The van der Waals surface area contributed by atoms with Crippen LogP contribution in [0.1, 0.15) is 35.2 Å². The van der Waals surface area contributed by atoms with E-state index in [0.717, 1.165) is 12.1 Å². The molecule has 0 amide bonds. The zero-order valence-electron chi connectivity index (χ0n) is 9.31. The quantitative estimate of drug-likeness (QED) is 0.760. The van der Waals surface area contributed by atoms with Gasteiger partial charge >= 0.3 is 11.9 Å². The van der Waals surface area contributed by atoms with E-state index in [2.05, 4.69) is 0 Å². The minimum atomic E-state index is -1.45. The van der Waals surface area contributed by atoms with Crippen LogP contribution in [0.15, 0.2) is 12.1 Å². The van der Waals surface area contributed by atoms with Gasteiger partial charge in [0, 0.05) is 5.41 Å². The fourth-order valence-corrected chi connectivity index (χ4v) is 2.08. The van der Waals surface area contributed by atoms with Crippen molar-refractivity contribution in [3.8, 4) is 5.75 Å². The number of carboxylic acid groups (broad SMARTS) is 2. The van der Waals surface area contributed by atoms with E-state index in [1.807, 2.05) is 0 Å². The summed E-state index contributed by atoms with van der Waals surface area (Å²) in [5.41, 5.74) is -0.913. The lowest BCUT2D eigenvalue weighted by molar-refractivity contribution is -0.137. The number of hydrogen-bond donors (Lipinski definition) is 3. The zero-order valence-corrected chi connectivity index (χ0v) is 9.31. The summed E-state index contributed by atoms with van der Waals surface area (Å²) in [5.74, 6) is -4.42. The van der Waals surface area contributed by atoms with Crippen LogP contribution in [0, 0.1) is 5.82 Å². The van der Waals surface area contributed by atoms with Crippen molar-refractivity contribution in [2.45, 2.75) is 24.7 Å². The van der Waals surface area contributed by atoms with E-state index < -0.39 is 34.5 Å². The van der Waals surface area contributed by atoms with Gasteiger partial charge in [-0.3, -0.25) is 4.79 Å². The number of aromatic hydroxyl groups is 1. The normalized spacial score (nSPS) is 16.3. The first-order valence-corrected chi connectivity index (χ1v) is 5.34. The Morgan fingerprint density at radius 2 is 1.89 bits per heavy atom. The number of benzene rings is 1. The predicted octanol–water partition coefficient (Wildman–Crippen LogP) is 1.74. The van der Waals surface area contributed by atoms with Crippen molar-refractivity contribution in [3.63, 3.8) is 0 Å². The van der Waals surface area contributed by atoms with Crippen LogP contribution in [0.25, 0.3) is 0 Å². The monoisotopic (exact) mass is 254 g/mol. The van der Waals surface area contributed by atoms with Crippen molar-refractivity contribution >= 4 is 11.9 Å². The molecule has 1 aliphatic rings. The highest BCUT2D eigenvalue weighted by atomic mass is 19.1. The van der Waals surface area contributed by atoms with Crippen molar-refractivity contribution in [2.24, 2.45) is 0 Å². The van der Waals surface area contributed by atoms with E-state index in [9.17, 15) is 19.1 Å². The third-order valence-corrected chi connectivity index (χ3v) is 3.25. The van der Waals surface area contributed by atoms with Crippen molar-refractivity contribution in [3.05, 3.63) is 29.1 Å². The third-order valence-electron chi connectivity index (χ3n) is 3.25. The number of carbonyl (C=O) groups is 2. The number of aliphatic carboxylic acids is 1. The fraction of sp³-hybridized carbons (Fsp3) is 0.333. The van der Waals surface area contributed by atoms with Crippen LogP contribution in [0.4, 0.5) is 4.39 Å². The van der Waals surface area contributed by atoms with Gasteiger partial charge in [0.15, 0.2) is 11.6 Å². The second kappa shape index (κ2) is 3.97. The molecule has 0 aromatic heterocycles. The van der Waals surface area contributed by atoms with Crippen LogP contribution in [-0.2, 0) is 10.2 Å². The lowest BCUT2D eigenvalue weighted by atomic mass is 9.90. The van der Waals surface area contributed by atoms with Gasteiger partial charge in [-0.05, 0) is 30.5 Å². The van der Waals surface area contributed by atoms with Gasteiger partial charge in [0.05, 0.1) is 6.42 Å². The van der Waals surface area contributed by atoms with Crippen LogP contribution >= 0.6 is 0 Å². The molecule has 0 saturated heterocycles. The Bertz CT molecular complexity index is 534. The highest BCUT2D eigenvalue weighted by Crippen LogP contribution is 2.51. The van der Waals surface area contributed by atoms with E-state index >= 15 is 0 Å². The summed E-state index contributed by atoms with van der Waals surface area (Å²) in [7, 11) is 0. The van der Waals surface area contributed by atoms with E-state index in [-0.39, 0.29) is 6.42 Å². The molecule has 96 valence electrons. The van der Waals surface area contributed by atoms with E-state index in [4.69, 9.17) is 10.2 Å². The Labute approximate surface area is 101 Å². The van der Waals surface area contributed by atoms with Gasteiger partial charge in [-0.15, -0.1) is 0 Å². The van der Waals surface area contributed by atoms with Crippen molar-refractivity contribution < 1.29 is 29.3 Å². The second-order valence-corrected chi connectivity index (χ2v) is 4.51. The smallest absolute Gasteiger partial charge is 0.339 e. The highest BCUT2D eigenvalue weighted by molar-refractivity contribution is 5.91. The van der Waals surface area contributed by atoms with E-state index in [0.29, 0.717) is 18.4 Å². The number of rotatable bonds is 4. The summed E-state index contributed by atoms with van der Waals surface area (Å²) < 4.78 is 13.4. The van der Waals surface area contributed by atoms with Crippen molar-refractivity contribution in [1.29, 1.82) is 0 Å². The maximum absolute atomic E-state index is 13.4.